The molecule has 2 aromatic carbocycles. The molecular weight excluding hydrogens is 267 g/mol. The molecule has 0 spiro atoms. The van der Waals surface area contributed by atoms with Gasteiger partial charge in [0.1, 0.15) is 10.1 Å². The molecule has 0 aliphatic carbocycles. The van der Waals surface area contributed by atoms with Crippen molar-refractivity contribution in [3.63, 3.8) is 0 Å². The van der Waals surface area contributed by atoms with Crippen molar-refractivity contribution in [2.45, 2.75) is 4.90 Å². The van der Waals surface area contributed by atoms with Gasteiger partial charge in [-0.1, -0.05) is 6.07 Å². The zero-order valence-corrected chi connectivity index (χ0v) is 12.4. The van der Waals surface area contributed by atoms with Crippen LogP contribution in [0.25, 0.3) is 10.8 Å². The van der Waals surface area contributed by atoms with Crippen LogP contribution in [0.3, 0.4) is 0 Å². The summed E-state index contributed by atoms with van der Waals surface area (Å²) in [5.74, 6) is 1.17. The van der Waals surface area contributed by atoms with Crippen LogP contribution in [0.4, 0.5) is 0 Å². The van der Waals surface area contributed by atoms with E-state index in [1.54, 1.807) is 18.2 Å². The maximum Gasteiger partial charge on any atom is 1.00 e. The summed E-state index contributed by atoms with van der Waals surface area (Å²) in [5, 5.41) is 1.42. The molecule has 0 N–H and O–H groups in total. The molecule has 0 aromatic heterocycles. The van der Waals surface area contributed by atoms with Crippen LogP contribution in [0.2, 0.25) is 0 Å². The van der Waals surface area contributed by atoms with Crippen LogP contribution in [0.15, 0.2) is 35.2 Å². The third-order valence-electron chi connectivity index (χ3n) is 2.59. The van der Waals surface area contributed by atoms with Gasteiger partial charge in [0.25, 0.3) is 0 Å². The zero-order chi connectivity index (χ0) is 12.0. The van der Waals surface area contributed by atoms with Gasteiger partial charge in [0, 0.05) is 0 Å². The normalized spacial score (nSPS) is 13.4. The van der Waals surface area contributed by atoms with Crippen LogP contribution in [0.1, 0.15) is 0 Å². The Morgan fingerprint density at radius 3 is 2.22 bits per heavy atom. The predicted octanol–water partition coefficient (Wildman–Crippen LogP) is -1.52. The minimum Gasteiger partial charge on any atom is -0.744 e. The molecule has 5 nitrogen and oxygen atoms in total. The average Bonchev–Trinajstić information content (AvgIpc) is 2.70. The van der Waals surface area contributed by atoms with Gasteiger partial charge < -0.3 is 14.0 Å². The topological polar surface area (TPSA) is 75.7 Å². The molecule has 7 heteroatoms. The van der Waals surface area contributed by atoms with Crippen LogP contribution >= 0.6 is 0 Å². The largest absolute Gasteiger partial charge is 1.00 e. The minimum absolute atomic E-state index is 0. The van der Waals surface area contributed by atoms with Crippen LogP contribution in [-0.4, -0.2) is 19.8 Å². The van der Waals surface area contributed by atoms with Gasteiger partial charge in [0.05, 0.1) is 4.90 Å². The summed E-state index contributed by atoms with van der Waals surface area (Å²) in [4.78, 5) is -0.246. The predicted molar refractivity (Wildman–Crippen MR) is 58.0 cm³/mol. The van der Waals surface area contributed by atoms with Gasteiger partial charge in [0.15, 0.2) is 11.5 Å². The van der Waals surface area contributed by atoms with Crippen LogP contribution in [-0.2, 0) is 10.1 Å². The Kier molecular flexibility index (Phi) is 3.57. The van der Waals surface area contributed by atoms with Gasteiger partial charge in [-0.05, 0) is 35.0 Å². The monoisotopic (exact) mass is 274 g/mol. The molecule has 2 aromatic rings. The summed E-state index contributed by atoms with van der Waals surface area (Å²) in [6.07, 6.45) is 0. The van der Waals surface area contributed by atoms with E-state index in [0.29, 0.717) is 16.9 Å². The Bertz CT molecular complexity index is 711. The van der Waals surface area contributed by atoms with E-state index in [0.717, 1.165) is 5.39 Å². The number of fused-ring (bicyclic) bond motifs is 2. The first-order chi connectivity index (χ1) is 8.04. The van der Waals surface area contributed by atoms with Crippen LogP contribution in [0, 0.1) is 0 Å². The standard InChI is InChI=1S/C11H8O5S.Na/c12-17(13,14)9-2-1-7-4-10-11(16-6-15-10)5-8(7)3-9;/h1-5H,6H2,(H,12,13,14);/q;+1/p-1. The van der Waals surface area contributed by atoms with E-state index in [-0.39, 0.29) is 41.2 Å². The van der Waals surface area contributed by atoms with Crippen molar-refractivity contribution in [3.05, 3.63) is 30.3 Å². The Balaban J connectivity index is 0.00000120. The molecule has 0 radical (unpaired) electrons. The Hall–Kier alpha value is -0.790. The zero-order valence-electron chi connectivity index (χ0n) is 9.54. The number of rotatable bonds is 1. The number of hydrogen-bond acceptors (Lipinski definition) is 5. The van der Waals surface area contributed by atoms with E-state index in [2.05, 4.69) is 0 Å². The van der Waals surface area contributed by atoms with Crippen molar-refractivity contribution in [1.29, 1.82) is 0 Å². The van der Waals surface area contributed by atoms with Gasteiger partial charge in [-0.3, -0.25) is 0 Å². The molecule has 0 atom stereocenters. The van der Waals surface area contributed by atoms with E-state index in [4.69, 9.17) is 9.47 Å². The molecule has 3 rings (SSSR count). The van der Waals surface area contributed by atoms with Gasteiger partial charge >= 0.3 is 29.6 Å². The van der Waals surface area contributed by atoms with Gasteiger partial charge in [-0.15, -0.1) is 0 Å². The molecule has 1 aliphatic rings. The van der Waals surface area contributed by atoms with Crippen molar-refractivity contribution >= 4 is 20.9 Å². The SMILES string of the molecule is O=S(=O)([O-])c1ccc2cc3c(cc2c1)OCO3.[Na+]. The van der Waals surface area contributed by atoms with Gasteiger partial charge in [0.2, 0.25) is 6.79 Å². The molecule has 0 bridgehead atoms. The van der Waals surface area contributed by atoms with Crippen molar-refractivity contribution in [3.8, 4) is 11.5 Å². The summed E-state index contributed by atoms with van der Waals surface area (Å²) < 4.78 is 43.1. The van der Waals surface area contributed by atoms with E-state index in [1.165, 1.54) is 12.1 Å². The second-order valence-electron chi connectivity index (χ2n) is 3.67. The fourth-order valence-electron chi connectivity index (χ4n) is 1.77. The molecule has 88 valence electrons. The first-order valence-corrected chi connectivity index (χ1v) is 6.24. The van der Waals surface area contributed by atoms with Crippen LogP contribution in [0.5, 0.6) is 11.5 Å². The third kappa shape index (κ3) is 2.34. The fraction of sp³-hybridized carbons (Fsp3) is 0.0909. The summed E-state index contributed by atoms with van der Waals surface area (Å²) in [6.45, 7) is 0.151. The maximum absolute atomic E-state index is 10.9. The summed E-state index contributed by atoms with van der Waals surface area (Å²) in [6, 6.07) is 7.60. The molecule has 0 fully saturated rings. The Labute approximate surface area is 126 Å². The average molecular weight is 274 g/mol. The molecule has 0 saturated heterocycles. The first-order valence-electron chi connectivity index (χ1n) is 4.83. The van der Waals surface area contributed by atoms with Crippen molar-refractivity contribution < 1.29 is 52.0 Å². The van der Waals surface area contributed by atoms with E-state index in [9.17, 15) is 13.0 Å². The van der Waals surface area contributed by atoms with E-state index in [1.807, 2.05) is 0 Å². The third-order valence-corrected chi connectivity index (χ3v) is 3.42. The second kappa shape index (κ2) is 4.71. The van der Waals surface area contributed by atoms with Crippen molar-refractivity contribution in [2.75, 3.05) is 6.79 Å². The fourth-order valence-corrected chi connectivity index (χ4v) is 2.28. The van der Waals surface area contributed by atoms with Crippen molar-refractivity contribution in [2.24, 2.45) is 0 Å². The quantitative estimate of drug-likeness (QED) is 0.466. The molecule has 1 aliphatic heterocycles. The summed E-state index contributed by atoms with van der Waals surface area (Å²) in [7, 11) is -4.43. The van der Waals surface area contributed by atoms with E-state index < -0.39 is 10.1 Å². The van der Waals surface area contributed by atoms with E-state index >= 15 is 0 Å². The smallest absolute Gasteiger partial charge is 0.744 e. The number of benzene rings is 2. The number of ether oxygens (including phenoxy) is 2. The molecular formula is C11H7NaO5S. The van der Waals surface area contributed by atoms with Crippen LogP contribution < -0.4 is 39.0 Å². The molecule has 0 unspecified atom stereocenters. The molecule has 18 heavy (non-hydrogen) atoms. The second-order valence-corrected chi connectivity index (χ2v) is 5.05. The summed E-state index contributed by atoms with van der Waals surface area (Å²) in [5.41, 5.74) is 0. The summed E-state index contributed by atoms with van der Waals surface area (Å²) >= 11 is 0. The van der Waals surface area contributed by atoms with Gasteiger partial charge in [-0.2, -0.15) is 0 Å². The first kappa shape index (κ1) is 13.6. The molecule has 0 amide bonds. The Morgan fingerprint density at radius 2 is 1.61 bits per heavy atom. The van der Waals surface area contributed by atoms with Gasteiger partial charge in [-0.25, -0.2) is 8.42 Å². The van der Waals surface area contributed by atoms with Crippen molar-refractivity contribution in [1.82, 2.24) is 0 Å². The Morgan fingerprint density at radius 1 is 1.00 bits per heavy atom. The minimum atomic E-state index is -4.43. The molecule has 1 heterocycles. The molecule has 0 saturated carbocycles. The number of hydrogen-bond donors (Lipinski definition) is 0. The maximum atomic E-state index is 10.9.